The van der Waals surface area contributed by atoms with Crippen LogP contribution in [0.3, 0.4) is 0 Å². The molecule has 2 rings (SSSR count). The molecule has 1 aliphatic carbocycles. The molecule has 1 aliphatic rings. The van der Waals surface area contributed by atoms with Gasteiger partial charge in [-0.05, 0) is 36.8 Å². The molecular weight excluding hydrogens is 177 g/mol. The molecule has 0 amide bonds. The number of hydrogen-bond acceptors (Lipinski definition) is 1. The Morgan fingerprint density at radius 3 is 2.57 bits per heavy atom. The van der Waals surface area contributed by atoms with Gasteiger partial charge in [0.2, 0.25) is 0 Å². The number of rotatable bonds is 3. The van der Waals surface area contributed by atoms with Crippen molar-refractivity contribution in [2.24, 2.45) is 11.7 Å². The van der Waals surface area contributed by atoms with E-state index in [-0.39, 0.29) is 12.0 Å². The molecule has 0 heterocycles. The van der Waals surface area contributed by atoms with Crippen molar-refractivity contribution in [3.05, 3.63) is 35.4 Å². The second-order valence-electron chi connectivity index (χ2n) is 4.20. The quantitative estimate of drug-likeness (QED) is 0.784. The molecule has 2 atom stereocenters. The fraction of sp³-hybridized carbons (Fsp3) is 0.500. The van der Waals surface area contributed by atoms with Gasteiger partial charge in [-0.2, -0.15) is 0 Å². The maximum atomic E-state index is 13.7. The Balaban J connectivity index is 2.20. The van der Waals surface area contributed by atoms with Gasteiger partial charge >= 0.3 is 0 Å². The first kappa shape index (κ1) is 9.66. The van der Waals surface area contributed by atoms with Crippen LogP contribution in [0.4, 0.5) is 4.39 Å². The topological polar surface area (TPSA) is 26.0 Å². The van der Waals surface area contributed by atoms with Crippen LogP contribution in [0, 0.1) is 5.92 Å². The van der Waals surface area contributed by atoms with Crippen LogP contribution in [-0.4, -0.2) is 0 Å². The van der Waals surface area contributed by atoms with Crippen LogP contribution in [0.2, 0.25) is 0 Å². The fourth-order valence-electron chi connectivity index (χ4n) is 1.67. The summed E-state index contributed by atoms with van der Waals surface area (Å²) in [7, 11) is 0. The van der Waals surface area contributed by atoms with Gasteiger partial charge in [0.25, 0.3) is 0 Å². The Hall–Kier alpha value is -0.890. The lowest BCUT2D eigenvalue weighted by Crippen LogP contribution is -2.06. The monoisotopic (exact) mass is 193 g/mol. The number of halogens is 1. The number of nitrogens with two attached hydrogens (primary N) is 1. The van der Waals surface area contributed by atoms with Crippen LogP contribution in [0.25, 0.3) is 0 Å². The molecule has 0 aliphatic heterocycles. The molecule has 0 aromatic heterocycles. The lowest BCUT2D eigenvalue weighted by molar-refractivity contribution is 0.305. The van der Waals surface area contributed by atoms with Crippen LogP contribution in [0.15, 0.2) is 24.3 Å². The van der Waals surface area contributed by atoms with E-state index in [0.29, 0.717) is 0 Å². The summed E-state index contributed by atoms with van der Waals surface area (Å²) in [5, 5.41) is 0. The van der Waals surface area contributed by atoms with Crippen molar-refractivity contribution >= 4 is 0 Å². The lowest BCUT2D eigenvalue weighted by Gasteiger charge is -2.10. The van der Waals surface area contributed by atoms with Crippen molar-refractivity contribution in [1.29, 1.82) is 0 Å². The van der Waals surface area contributed by atoms with Crippen molar-refractivity contribution < 1.29 is 4.39 Å². The molecule has 1 aromatic carbocycles. The van der Waals surface area contributed by atoms with E-state index in [9.17, 15) is 4.39 Å². The average molecular weight is 193 g/mol. The van der Waals surface area contributed by atoms with Gasteiger partial charge in [0, 0.05) is 6.04 Å². The SMILES string of the molecule is CC(N)c1cccc(C(F)C2CC2)c1. The summed E-state index contributed by atoms with van der Waals surface area (Å²) >= 11 is 0. The fourth-order valence-corrected chi connectivity index (χ4v) is 1.67. The van der Waals surface area contributed by atoms with Gasteiger partial charge in [-0.25, -0.2) is 4.39 Å². The van der Waals surface area contributed by atoms with Gasteiger partial charge in [-0.15, -0.1) is 0 Å². The van der Waals surface area contributed by atoms with Crippen LogP contribution >= 0.6 is 0 Å². The van der Waals surface area contributed by atoms with Crippen molar-refractivity contribution in [3.63, 3.8) is 0 Å². The third kappa shape index (κ3) is 1.95. The van der Waals surface area contributed by atoms with Gasteiger partial charge in [-0.1, -0.05) is 24.3 Å². The van der Waals surface area contributed by atoms with Gasteiger partial charge in [0.05, 0.1) is 0 Å². The van der Waals surface area contributed by atoms with Gasteiger partial charge < -0.3 is 5.73 Å². The first-order valence-electron chi connectivity index (χ1n) is 5.18. The van der Waals surface area contributed by atoms with Crippen LogP contribution in [0.5, 0.6) is 0 Å². The summed E-state index contributed by atoms with van der Waals surface area (Å²) in [5.74, 6) is 0.262. The predicted molar refractivity (Wildman–Crippen MR) is 55.6 cm³/mol. The third-order valence-corrected chi connectivity index (χ3v) is 2.79. The highest BCUT2D eigenvalue weighted by atomic mass is 19.1. The first-order valence-corrected chi connectivity index (χ1v) is 5.18. The largest absolute Gasteiger partial charge is 0.324 e. The minimum Gasteiger partial charge on any atom is -0.324 e. The van der Waals surface area contributed by atoms with Gasteiger partial charge in [0.15, 0.2) is 0 Å². The highest BCUT2D eigenvalue weighted by Crippen LogP contribution is 2.43. The van der Waals surface area contributed by atoms with E-state index in [1.807, 2.05) is 31.2 Å². The van der Waals surface area contributed by atoms with E-state index in [1.165, 1.54) is 0 Å². The van der Waals surface area contributed by atoms with Crippen LogP contribution in [0.1, 0.15) is 43.1 Å². The second-order valence-corrected chi connectivity index (χ2v) is 4.20. The lowest BCUT2D eigenvalue weighted by atomic mass is 10.0. The number of hydrogen-bond donors (Lipinski definition) is 1. The molecular formula is C12H16FN. The molecule has 2 unspecified atom stereocenters. The van der Waals surface area contributed by atoms with E-state index in [1.54, 1.807) is 0 Å². The molecule has 14 heavy (non-hydrogen) atoms. The minimum absolute atomic E-state index is 0.0126. The second kappa shape index (κ2) is 3.70. The van der Waals surface area contributed by atoms with Crippen molar-refractivity contribution in [1.82, 2.24) is 0 Å². The standard InChI is InChI=1S/C12H16FN/c1-8(14)10-3-2-4-11(7-10)12(13)9-5-6-9/h2-4,7-9,12H,5-6,14H2,1H3. The zero-order valence-electron chi connectivity index (χ0n) is 8.41. The highest BCUT2D eigenvalue weighted by Gasteiger charge is 2.32. The molecule has 2 heteroatoms. The van der Waals surface area contributed by atoms with Crippen molar-refractivity contribution in [2.45, 2.75) is 32.0 Å². The van der Waals surface area contributed by atoms with Gasteiger partial charge in [-0.3, -0.25) is 0 Å². The Kier molecular flexibility index (Phi) is 2.55. The smallest absolute Gasteiger partial charge is 0.128 e. The normalized spacial score (nSPS) is 20.5. The van der Waals surface area contributed by atoms with Crippen LogP contribution < -0.4 is 5.73 Å². The Morgan fingerprint density at radius 1 is 1.36 bits per heavy atom. The summed E-state index contributed by atoms with van der Waals surface area (Å²) in [4.78, 5) is 0. The van der Waals surface area contributed by atoms with Crippen LogP contribution in [-0.2, 0) is 0 Å². The zero-order valence-corrected chi connectivity index (χ0v) is 8.41. The molecule has 1 nitrogen and oxygen atoms in total. The Labute approximate surface area is 84.1 Å². The molecule has 1 saturated carbocycles. The maximum absolute atomic E-state index is 13.7. The van der Waals surface area contributed by atoms with E-state index in [4.69, 9.17) is 5.73 Å². The van der Waals surface area contributed by atoms with Gasteiger partial charge in [0.1, 0.15) is 6.17 Å². The third-order valence-electron chi connectivity index (χ3n) is 2.79. The minimum atomic E-state index is -0.784. The van der Waals surface area contributed by atoms with Crippen molar-refractivity contribution in [3.8, 4) is 0 Å². The summed E-state index contributed by atoms with van der Waals surface area (Å²) in [6, 6.07) is 7.58. The van der Waals surface area contributed by atoms with E-state index < -0.39 is 6.17 Å². The Morgan fingerprint density at radius 2 is 2.00 bits per heavy atom. The summed E-state index contributed by atoms with van der Waals surface area (Å²) in [6.07, 6.45) is 1.28. The predicted octanol–water partition coefficient (Wildman–Crippen LogP) is 3.13. The number of benzene rings is 1. The van der Waals surface area contributed by atoms with E-state index in [0.717, 1.165) is 24.0 Å². The summed E-state index contributed by atoms with van der Waals surface area (Å²) in [5.41, 5.74) is 7.57. The van der Waals surface area contributed by atoms with E-state index >= 15 is 0 Å². The number of alkyl halides is 1. The molecule has 1 aromatic rings. The summed E-state index contributed by atoms with van der Waals surface area (Å²) in [6.45, 7) is 1.92. The molecule has 2 N–H and O–H groups in total. The summed E-state index contributed by atoms with van der Waals surface area (Å²) < 4.78 is 13.7. The van der Waals surface area contributed by atoms with Crippen molar-refractivity contribution in [2.75, 3.05) is 0 Å². The molecule has 1 fully saturated rings. The molecule has 0 bridgehead atoms. The highest BCUT2D eigenvalue weighted by molar-refractivity contribution is 5.28. The maximum Gasteiger partial charge on any atom is 0.128 e. The first-order chi connectivity index (χ1) is 6.68. The zero-order chi connectivity index (χ0) is 10.1. The average Bonchev–Trinajstić information content (AvgIpc) is 3.00. The molecule has 76 valence electrons. The molecule has 0 spiro atoms. The Bertz CT molecular complexity index is 318. The molecule has 0 radical (unpaired) electrons. The van der Waals surface area contributed by atoms with E-state index in [2.05, 4.69) is 0 Å². The molecule has 0 saturated heterocycles.